The average Bonchev–Trinajstić information content (AvgIpc) is 3.53. The number of benzene rings is 2. The van der Waals surface area contributed by atoms with E-state index in [1.807, 2.05) is 45.0 Å². The summed E-state index contributed by atoms with van der Waals surface area (Å²) < 4.78 is 0. The molecule has 4 rings (SSSR count). The number of likely N-dealkylation sites (tertiary alicyclic amines) is 2. The lowest BCUT2D eigenvalue weighted by Crippen LogP contribution is -2.62. The number of carboxylic acid groups (broad SMARTS) is 2. The summed E-state index contributed by atoms with van der Waals surface area (Å²) >= 11 is 0. The molecule has 2 atom stereocenters. The van der Waals surface area contributed by atoms with Crippen LogP contribution in [0.4, 0.5) is 21.0 Å². The Balaban J connectivity index is 1.67. The Morgan fingerprint density at radius 2 is 1.42 bits per heavy atom. The van der Waals surface area contributed by atoms with Crippen LogP contribution in [0.2, 0.25) is 0 Å². The predicted octanol–water partition coefficient (Wildman–Crippen LogP) is 4.93. The van der Waals surface area contributed by atoms with Gasteiger partial charge in [0.1, 0.15) is 11.6 Å². The number of para-hydroxylation sites is 2. The van der Waals surface area contributed by atoms with Crippen molar-refractivity contribution in [3.63, 3.8) is 0 Å². The fraction of sp³-hybridized carbons (Fsp3) is 0.429. The van der Waals surface area contributed by atoms with Crippen molar-refractivity contribution in [2.75, 3.05) is 23.7 Å². The second-order valence-electron chi connectivity index (χ2n) is 10.8. The highest BCUT2D eigenvalue weighted by atomic mass is 16.4. The second kappa shape index (κ2) is 10.4. The van der Waals surface area contributed by atoms with Gasteiger partial charge in [-0.05, 0) is 43.2 Å². The molecular formula is C28H34N4O6. The molecule has 4 amide bonds. The molecule has 10 heteroatoms. The topological polar surface area (TPSA) is 139 Å². The van der Waals surface area contributed by atoms with Crippen LogP contribution < -0.4 is 10.6 Å². The number of amides is 4. The Kier molecular flexibility index (Phi) is 7.35. The third kappa shape index (κ3) is 4.78. The van der Waals surface area contributed by atoms with Crippen LogP contribution in [0.25, 0.3) is 11.1 Å². The molecule has 2 aromatic rings. The molecule has 0 spiro atoms. The summed E-state index contributed by atoms with van der Waals surface area (Å²) in [5.41, 5.74) is 0.334. The van der Waals surface area contributed by atoms with Gasteiger partial charge in [-0.25, -0.2) is 9.59 Å². The molecule has 0 aliphatic carbocycles. The second-order valence-corrected chi connectivity index (χ2v) is 10.8. The van der Waals surface area contributed by atoms with E-state index in [1.54, 1.807) is 24.3 Å². The van der Waals surface area contributed by atoms with Crippen molar-refractivity contribution < 1.29 is 29.4 Å². The first-order valence-corrected chi connectivity index (χ1v) is 12.8. The normalized spacial score (nSPS) is 21.3. The van der Waals surface area contributed by atoms with Crippen molar-refractivity contribution in [1.29, 1.82) is 0 Å². The van der Waals surface area contributed by atoms with Crippen molar-refractivity contribution in [3.05, 3.63) is 48.5 Å². The third-order valence-electron chi connectivity index (χ3n) is 7.68. The van der Waals surface area contributed by atoms with Gasteiger partial charge in [-0.1, -0.05) is 57.2 Å². The van der Waals surface area contributed by atoms with Crippen molar-refractivity contribution in [2.45, 2.75) is 58.0 Å². The van der Waals surface area contributed by atoms with Gasteiger partial charge in [-0.3, -0.25) is 19.4 Å². The summed E-state index contributed by atoms with van der Waals surface area (Å²) in [7, 11) is 0. The van der Waals surface area contributed by atoms with E-state index in [2.05, 4.69) is 10.6 Å². The zero-order chi connectivity index (χ0) is 27.7. The monoisotopic (exact) mass is 522 g/mol. The Morgan fingerprint density at radius 1 is 0.842 bits per heavy atom. The average molecular weight is 523 g/mol. The number of rotatable bonds is 5. The minimum atomic E-state index is -1.25. The van der Waals surface area contributed by atoms with Crippen molar-refractivity contribution >= 4 is 35.4 Å². The first kappa shape index (κ1) is 27.0. The zero-order valence-corrected chi connectivity index (χ0v) is 21.9. The summed E-state index contributed by atoms with van der Waals surface area (Å²) in [5.74, 6) is -0.810. The molecule has 38 heavy (non-hydrogen) atoms. The van der Waals surface area contributed by atoms with Gasteiger partial charge in [0.15, 0.2) is 0 Å². The molecule has 0 saturated carbocycles. The van der Waals surface area contributed by atoms with Crippen LogP contribution in [0.5, 0.6) is 0 Å². The lowest BCUT2D eigenvalue weighted by molar-refractivity contribution is -0.131. The summed E-state index contributed by atoms with van der Waals surface area (Å²) in [6.45, 7) is 6.20. The minimum absolute atomic E-state index is 0.283. The van der Waals surface area contributed by atoms with Gasteiger partial charge in [-0.2, -0.15) is 0 Å². The number of hydrogen-bond donors (Lipinski definition) is 4. The summed E-state index contributed by atoms with van der Waals surface area (Å²) in [5, 5.41) is 25.2. The smallest absolute Gasteiger partial charge is 0.408 e. The van der Waals surface area contributed by atoms with Crippen molar-refractivity contribution in [3.8, 4) is 11.1 Å². The molecule has 2 aliphatic rings. The van der Waals surface area contributed by atoms with Gasteiger partial charge in [0.2, 0.25) is 5.91 Å². The standard InChI is InChI=1S/C28H34N4O6/c1-27(2,3)28(15-9-17-32(28)26(37)38)24(34)30-21-13-7-5-11-19(21)18-10-4-6-12-20(18)29-23(33)22-14-8-16-31(22)25(35)36/h4-7,10-13,22H,8-9,14-17H2,1-3H3,(H,29,33)(H,30,34)(H,35,36)(H,37,38)/t22-,28+/m0/s1. The molecule has 0 unspecified atom stereocenters. The van der Waals surface area contributed by atoms with Crippen LogP contribution in [0, 0.1) is 5.41 Å². The van der Waals surface area contributed by atoms with E-state index >= 15 is 0 Å². The van der Waals surface area contributed by atoms with Gasteiger partial charge in [-0.15, -0.1) is 0 Å². The van der Waals surface area contributed by atoms with Crippen LogP contribution in [0.1, 0.15) is 46.5 Å². The van der Waals surface area contributed by atoms with E-state index in [1.165, 1.54) is 4.90 Å². The molecule has 202 valence electrons. The number of hydrogen-bond acceptors (Lipinski definition) is 4. The Morgan fingerprint density at radius 3 is 1.97 bits per heavy atom. The van der Waals surface area contributed by atoms with Crippen molar-refractivity contribution in [1.82, 2.24) is 9.80 Å². The molecule has 0 aromatic heterocycles. The molecule has 2 aliphatic heterocycles. The number of anilines is 2. The largest absolute Gasteiger partial charge is 0.465 e. The first-order valence-electron chi connectivity index (χ1n) is 12.8. The molecule has 2 saturated heterocycles. The maximum absolute atomic E-state index is 13.9. The first-order chi connectivity index (χ1) is 18.0. The highest BCUT2D eigenvalue weighted by Crippen LogP contribution is 2.45. The quantitative estimate of drug-likeness (QED) is 0.439. The van der Waals surface area contributed by atoms with Crippen molar-refractivity contribution in [2.24, 2.45) is 5.41 Å². The summed E-state index contributed by atoms with van der Waals surface area (Å²) in [6.07, 6.45) is -0.200. The molecule has 2 heterocycles. The summed E-state index contributed by atoms with van der Waals surface area (Å²) in [6, 6.07) is 13.5. The predicted molar refractivity (Wildman–Crippen MR) is 143 cm³/mol. The van der Waals surface area contributed by atoms with E-state index in [-0.39, 0.29) is 6.54 Å². The van der Waals surface area contributed by atoms with Crippen LogP contribution in [0.3, 0.4) is 0 Å². The van der Waals surface area contributed by atoms with E-state index < -0.39 is 41.0 Å². The fourth-order valence-corrected chi connectivity index (χ4v) is 5.80. The highest BCUT2D eigenvalue weighted by Gasteiger charge is 2.57. The molecule has 2 aromatic carbocycles. The Labute approximate surface area is 221 Å². The molecule has 10 nitrogen and oxygen atoms in total. The van der Waals surface area contributed by atoms with Gasteiger partial charge < -0.3 is 20.8 Å². The van der Waals surface area contributed by atoms with Crippen LogP contribution in [-0.2, 0) is 9.59 Å². The maximum atomic E-state index is 13.9. The van der Waals surface area contributed by atoms with E-state index in [0.29, 0.717) is 54.7 Å². The van der Waals surface area contributed by atoms with Crippen LogP contribution >= 0.6 is 0 Å². The highest BCUT2D eigenvalue weighted by molar-refractivity contribution is 6.05. The van der Waals surface area contributed by atoms with E-state index in [0.717, 1.165) is 4.90 Å². The lowest BCUT2D eigenvalue weighted by Gasteiger charge is -2.45. The number of nitrogens with one attached hydrogen (secondary N) is 2. The number of carbonyl (C=O) groups excluding carboxylic acids is 2. The van der Waals surface area contributed by atoms with Crippen LogP contribution in [0.15, 0.2) is 48.5 Å². The van der Waals surface area contributed by atoms with Crippen LogP contribution in [-0.4, -0.2) is 68.7 Å². The molecular weight excluding hydrogens is 488 g/mol. The fourth-order valence-electron chi connectivity index (χ4n) is 5.80. The molecule has 4 N–H and O–H groups in total. The lowest BCUT2D eigenvalue weighted by atomic mass is 9.71. The SMILES string of the molecule is CC(C)(C)[C@]1(C(=O)Nc2ccccc2-c2ccccc2NC(=O)[C@@H]2CCCN2C(=O)O)CCCN1C(=O)O. The number of carbonyl (C=O) groups is 4. The molecule has 2 fully saturated rings. The van der Waals surface area contributed by atoms with Gasteiger partial charge in [0.05, 0.1) is 0 Å². The Hall–Kier alpha value is -4.08. The maximum Gasteiger partial charge on any atom is 0.408 e. The zero-order valence-electron chi connectivity index (χ0n) is 21.9. The summed E-state index contributed by atoms with van der Waals surface area (Å²) in [4.78, 5) is 53.0. The third-order valence-corrected chi connectivity index (χ3v) is 7.68. The van der Waals surface area contributed by atoms with Gasteiger partial charge in [0, 0.05) is 35.6 Å². The molecule has 0 radical (unpaired) electrons. The minimum Gasteiger partial charge on any atom is -0.465 e. The number of nitrogens with zero attached hydrogens (tertiary/aromatic N) is 2. The van der Waals surface area contributed by atoms with Gasteiger partial charge in [0.25, 0.3) is 5.91 Å². The van der Waals surface area contributed by atoms with Gasteiger partial charge >= 0.3 is 12.2 Å². The Bertz CT molecular complexity index is 1260. The molecule has 0 bridgehead atoms. The van der Waals surface area contributed by atoms with E-state index in [9.17, 15) is 29.4 Å². The van der Waals surface area contributed by atoms with E-state index in [4.69, 9.17) is 0 Å².